The van der Waals surface area contributed by atoms with Gasteiger partial charge in [-0.05, 0) is 23.8 Å². The van der Waals surface area contributed by atoms with Gasteiger partial charge in [-0.15, -0.1) is 0 Å². The highest BCUT2D eigenvalue weighted by atomic mass is 16.2. The van der Waals surface area contributed by atoms with Crippen molar-refractivity contribution >= 4 is 5.91 Å². The Balaban J connectivity index is 2.89. The van der Waals surface area contributed by atoms with E-state index in [0.29, 0.717) is 11.8 Å². The predicted octanol–water partition coefficient (Wildman–Crippen LogP) is 3.13. The van der Waals surface area contributed by atoms with Gasteiger partial charge < -0.3 is 5.32 Å². The molecule has 0 aliphatic heterocycles. The van der Waals surface area contributed by atoms with Crippen molar-refractivity contribution in [1.82, 2.24) is 10.6 Å². The second-order valence-corrected chi connectivity index (χ2v) is 6.10. The first kappa shape index (κ1) is 16.7. The molecule has 0 aliphatic rings. The van der Waals surface area contributed by atoms with Crippen LogP contribution in [0.5, 0.6) is 0 Å². The zero-order chi connectivity index (χ0) is 15.1. The smallest absolute Gasteiger partial charge is 0.236 e. The lowest BCUT2D eigenvalue weighted by Crippen LogP contribution is -2.46. The van der Waals surface area contributed by atoms with E-state index in [4.69, 9.17) is 0 Å². The molecule has 0 radical (unpaired) electrons. The first-order chi connectivity index (χ1) is 9.45. The lowest BCUT2D eigenvalue weighted by atomic mass is 9.93. The number of hydrogen-bond donors (Lipinski definition) is 2. The van der Waals surface area contributed by atoms with Crippen LogP contribution in [0.4, 0.5) is 0 Å². The average molecular weight is 276 g/mol. The summed E-state index contributed by atoms with van der Waals surface area (Å²) in [6.45, 7) is 8.65. The molecule has 3 heteroatoms. The van der Waals surface area contributed by atoms with E-state index in [1.807, 2.05) is 18.2 Å². The Hall–Kier alpha value is -1.35. The monoisotopic (exact) mass is 276 g/mol. The van der Waals surface area contributed by atoms with Crippen molar-refractivity contribution in [3.63, 3.8) is 0 Å². The molecular weight excluding hydrogens is 248 g/mol. The van der Waals surface area contributed by atoms with Gasteiger partial charge in [0.05, 0.1) is 6.04 Å². The highest BCUT2D eigenvalue weighted by Gasteiger charge is 2.24. The van der Waals surface area contributed by atoms with Crippen molar-refractivity contribution in [2.24, 2.45) is 11.8 Å². The highest BCUT2D eigenvalue weighted by molar-refractivity contribution is 5.81. The summed E-state index contributed by atoms with van der Waals surface area (Å²) in [6.07, 6.45) is 0.843. The first-order valence-electron chi connectivity index (χ1n) is 7.48. The normalized spacial score (nSPS) is 14.3. The first-order valence-corrected chi connectivity index (χ1v) is 7.48. The van der Waals surface area contributed by atoms with Gasteiger partial charge in [-0.1, -0.05) is 58.0 Å². The van der Waals surface area contributed by atoms with Crippen LogP contribution in [0, 0.1) is 11.8 Å². The minimum atomic E-state index is -0.146. The number of hydrogen-bond acceptors (Lipinski definition) is 2. The van der Waals surface area contributed by atoms with Crippen molar-refractivity contribution in [3.05, 3.63) is 35.9 Å². The minimum Gasteiger partial charge on any atom is -0.358 e. The fourth-order valence-electron chi connectivity index (χ4n) is 2.45. The van der Waals surface area contributed by atoms with Crippen LogP contribution in [0.1, 0.15) is 45.7 Å². The van der Waals surface area contributed by atoms with E-state index in [0.717, 1.165) is 6.42 Å². The molecule has 112 valence electrons. The van der Waals surface area contributed by atoms with Crippen molar-refractivity contribution in [1.29, 1.82) is 0 Å². The summed E-state index contributed by atoms with van der Waals surface area (Å²) in [5.41, 5.74) is 1.24. The molecule has 0 aliphatic carbocycles. The summed E-state index contributed by atoms with van der Waals surface area (Å²) in [7, 11) is 1.70. The van der Waals surface area contributed by atoms with Crippen molar-refractivity contribution in [2.75, 3.05) is 7.05 Å². The molecule has 1 amide bonds. The van der Waals surface area contributed by atoms with E-state index in [1.54, 1.807) is 7.05 Å². The van der Waals surface area contributed by atoms with Crippen molar-refractivity contribution in [3.8, 4) is 0 Å². The number of carbonyl (C=O) groups is 1. The van der Waals surface area contributed by atoms with Crippen LogP contribution in [-0.2, 0) is 4.79 Å². The molecule has 3 nitrogen and oxygen atoms in total. The van der Waals surface area contributed by atoms with Crippen molar-refractivity contribution < 1.29 is 4.79 Å². The van der Waals surface area contributed by atoms with Crippen LogP contribution in [0.25, 0.3) is 0 Å². The van der Waals surface area contributed by atoms with Gasteiger partial charge in [-0.25, -0.2) is 0 Å². The lowest BCUT2D eigenvalue weighted by Gasteiger charge is -2.29. The van der Waals surface area contributed by atoms with Crippen LogP contribution in [0.15, 0.2) is 30.3 Å². The summed E-state index contributed by atoms with van der Waals surface area (Å²) in [4.78, 5) is 12.1. The number of benzene rings is 1. The average Bonchev–Trinajstić information content (AvgIpc) is 2.42. The maximum Gasteiger partial charge on any atom is 0.236 e. The van der Waals surface area contributed by atoms with Gasteiger partial charge in [-0.3, -0.25) is 10.1 Å². The Labute approximate surface area is 123 Å². The number of rotatable bonds is 7. The molecule has 20 heavy (non-hydrogen) atoms. The molecule has 0 fully saturated rings. The molecule has 2 N–H and O–H groups in total. The second-order valence-electron chi connectivity index (χ2n) is 6.10. The summed E-state index contributed by atoms with van der Waals surface area (Å²) >= 11 is 0. The molecule has 0 spiro atoms. The fraction of sp³-hybridized carbons (Fsp3) is 0.588. The third-order valence-electron chi connectivity index (χ3n) is 3.48. The fourth-order valence-corrected chi connectivity index (χ4v) is 2.45. The second kappa shape index (κ2) is 8.05. The molecule has 0 aromatic heterocycles. The summed E-state index contributed by atoms with van der Waals surface area (Å²) in [5, 5.41) is 6.30. The molecule has 0 heterocycles. The number of nitrogens with one attached hydrogen (secondary N) is 2. The molecule has 1 aromatic rings. The van der Waals surface area contributed by atoms with E-state index in [9.17, 15) is 4.79 Å². The Kier molecular flexibility index (Phi) is 6.73. The van der Waals surface area contributed by atoms with E-state index < -0.39 is 0 Å². The van der Waals surface area contributed by atoms with Gasteiger partial charge in [0, 0.05) is 13.1 Å². The van der Waals surface area contributed by atoms with Gasteiger partial charge in [0.2, 0.25) is 5.91 Å². The maximum atomic E-state index is 12.1. The van der Waals surface area contributed by atoms with Gasteiger partial charge in [0.25, 0.3) is 0 Å². The zero-order valence-corrected chi connectivity index (χ0v) is 13.3. The van der Waals surface area contributed by atoms with E-state index >= 15 is 0 Å². The Bertz CT molecular complexity index is 401. The van der Waals surface area contributed by atoms with Crippen LogP contribution in [0.2, 0.25) is 0 Å². The Morgan fingerprint density at radius 3 is 2.15 bits per heavy atom. The van der Waals surface area contributed by atoms with E-state index in [-0.39, 0.29) is 18.0 Å². The van der Waals surface area contributed by atoms with Crippen molar-refractivity contribution in [2.45, 2.75) is 46.2 Å². The summed E-state index contributed by atoms with van der Waals surface area (Å²) in [6, 6.07) is 10.4. The summed E-state index contributed by atoms with van der Waals surface area (Å²) in [5.74, 6) is 0.977. The SMILES string of the molecule is CNC(=O)C(CC(C)C)NC(c1ccccc1)C(C)C. The molecule has 1 rings (SSSR count). The molecular formula is C17H28N2O. The topological polar surface area (TPSA) is 41.1 Å². The largest absolute Gasteiger partial charge is 0.358 e. The van der Waals surface area contributed by atoms with E-state index in [1.165, 1.54) is 5.56 Å². The molecule has 1 aromatic carbocycles. The van der Waals surface area contributed by atoms with Gasteiger partial charge in [-0.2, -0.15) is 0 Å². The third kappa shape index (κ3) is 4.97. The molecule has 0 bridgehead atoms. The number of carbonyl (C=O) groups excluding carboxylic acids is 1. The van der Waals surface area contributed by atoms with Gasteiger partial charge >= 0.3 is 0 Å². The summed E-state index contributed by atoms with van der Waals surface area (Å²) < 4.78 is 0. The number of amides is 1. The molecule has 2 unspecified atom stereocenters. The Morgan fingerprint density at radius 1 is 1.10 bits per heavy atom. The maximum absolute atomic E-state index is 12.1. The zero-order valence-electron chi connectivity index (χ0n) is 13.3. The number of likely N-dealkylation sites (N-methyl/N-ethyl adjacent to an activating group) is 1. The third-order valence-corrected chi connectivity index (χ3v) is 3.48. The van der Waals surface area contributed by atoms with Gasteiger partial charge in [0.15, 0.2) is 0 Å². The molecule has 0 saturated carbocycles. The Morgan fingerprint density at radius 2 is 1.70 bits per heavy atom. The van der Waals surface area contributed by atoms with Crippen LogP contribution in [-0.4, -0.2) is 19.0 Å². The van der Waals surface area contributed by atoms with Crippen LogP contribution < -0.4 is 10.6 Å². The van der Waals surface area contributed by atoms with Crippen LogP contribution >= 0.6 is 0 Å². The van der Waals surface area contributed by atoms with E-state index in [2.05, 4.69) is 50.5 Å². The molecule has 0 saturated heterocycles. The highest BCUT2D eigenvalue weighted by Crippen LogP contribution is 2.23. The minimum absolute atomic E-state index is 0.0697. The van der Waals surface area contributed by atoms with Crippen LogP contribution in [0.3, 0.4) is 0 Å². The molecule has 2 atom stereocenters. The van der Waals surface area contributed by atoms with Gasteiger partial charge in [0.1, 0.15) is 0 Å². The predicted molar refractivity (Wildman–Crippen MR) is 84.5 cm³/mol. The quantitative estimate of drug-likeness (QED) is 0.803. The lowest BCUT2D eigenvalue weighted by molar-refractivity contribution is -0.123. The standard InChI is InChI=1S/C17H28N2O/c1-12(2)11-15(17(20)18-5)19-16(13(3)4)14-9-7-6-8-10-14/h6-10,12-13,15-16,19H,11H2,1-5H3,(H,18,20).